The Labute approximate surface area is 182 Å². The van der Waals surface area contributed by atoms with Crippen LogP contribution in [0.5, 0.6) is 5.75 Å². The molecule has 31 heavy (non-hydrogen) atoms. The van der Waals surface area contributed by atoms with Crippen LogP contribution in [0.1, 0.15) is 5.56 Å². The van der Waals surface area contributed by atoms with Crippen LogP contribution in [-0.2, 0) is 20.9 Å². The molecule has 1 spiro atoms. The lowest BCUT2D eigenvalue weighted by atomic mass is 9.76. The number of methoxy groups -OCH3 is 1. The Morgan fingerprint density at radius 1 is 1.23 bits per heavy atom. The second-order valence-electron chi connectivity index (χ2n) is 9.93. The van der Waals surface area contributed by atoms with Crippen molar-refractivity contribution in [2.24, 2.45) is 23.7 Å². The maximum atomic E-state index is 13.6. The molecule has 0 aliphatic carbocycles. The van der Waals surface area contributed by atoms with Gasteiger partial charge in [-0.15, -0.1) is 0 Å². The summed E-state index contributed by atoms with van der Waals surface area (Å²) in [6.07, 6.45) is 3.76. The molecule has 5 aliphatic rings. The number of carbonyl (C=O) groups is 2. The van der Waals surface area contributed by atoms with E-state index in [1.165, 1.54) is 0 Å². The molecule has 6 rings (SSSR count). The Bertz CT molecular complexity index is 950. The molecule has 5 heterocycles. The summed E-state index contributed by atoms with van der Waals surface area (Å²) < 4.78 is 11.6. The zero-order valence-electron chi connectivity index (χ0n) is 18.1. The Balaban J connectivity index is 1.21. The van der Waals surface area contributed by atoms with Crippen molar-refractivity contribution in [2.75, 3.05) is 46.9 Å². The van der Waals surface area contributed by atoms with Gasteiger partial charge in [0.1, 0.15) is 11.4 Å². The van der Waals surface area contributed by atoms with Gasteiger partial charge in [-0.3, -0.25) is 9.59 Å². The molecular formula is C24H29N3O4. The Kier molecular flexibility index (Phi) is 4.24. The molecule has 164 valence electrons. The first-order valence-electron chi connectivity index (χ1n) is 11.2. The Morgan fingerprint density at radius 2 is 2.00 bits per heavy atom. The second kappa shape index (κ2) is 6.81. The zero-order chi connectivity index (χ0) is 21.3. The minimum absolute atomic E-state index is 0.0344. The van der Waals surface area contributed by atoms with Crippen molar-refractivity contribution in [3.63, 3.8) is 0 Å². The minimum Gasteiger partial charge on any atom is -0.497 e. The first kappa shape index (κ1) is 19.3. The number of hydrogen-bond acceptors (Lipinski definition) is 5. The number of likely N-dealkylation sites (tertiary alicyclic amines) is 3. The summed E-state index contributed by atoms with van der Waals surface area (Å²) in [5, 5.41) is 0. The van der Waals surface area contributed by atoms with Gasteiger partial charge in [-0.1, -0.05) is 24.3 Å². The van der Waals surface area contributed by atoms with E-state index < -0.39 is 17.4 Å². The summed E-state index contributed by atoms with van der Waals surface area (Å²) in [6, 6.07) is 7.78. The number of carbonyl (C=O) groups excluding carboxylic acids is 2. The van der Waals surface area contributed by atoms with E-state index in [2.05, 4.69) is 11.9 Å². The maximum absolute atomic E-state index is 13.6. The van der Waals surface area contributed by atoms with Crippen molar-refractivity contribution in [3.05, 3.63) is 42.0 Å². The van der Waals surface area contributed by atoms with Crippen molar-refractivity contribution < 1.29 is 19.1 Å². The van der Waals surface area contributed by atoms with Crippen LogP contribution in [0.25, 0.3) is 0 Å². The number of rotatable bonds is 4. The summed E-state index contributed by atoms with van der Waals surface area (Å²) in [5.41, 5.74) is 0.360. The molecule has 1 aromatic carbocycles. The van der Waals surface area contributed by atoms with Crippen LogP contribution in [0.15, 0.2) is 36.4 Å². The van der Waals surface area contributed by atoms with Gasteiger partial charge in [0, 0.05) is 32.7 Å². The van der Waals surface area contributed by atoms with E-state index in [4.69, 9.17) is 9.47 Å². The van der Waals surface area contributed by atoms with Gasteiger partial charge in [-0.05, 0) is 36.6 Å². The molecule has 7 nitrogen and oxygen atoms in total. The van der Waals surface area contributed by atoms with Gasteiger partial charge >= 0.3 is 0 Å². The quantitative estimate of drug-likeness (QED) is 0.676. The molecule has 5 aliphatic heterocycles. The third kappa shape index (κ3) is 2.86. The van der Waals surface area contributed by atoms with Crippen LogP contribution in [0.4, 0.5) is 0 Å². The highest BCUT2D eigenvalue weighted by molar-refractivity contribution is 5.93. The fraction of sp³-hybridized carbons (Fsp3) is 0.583. The normalized spacial score (nSPS) is 38.3. The van der Waals surface area contributed by atoms with Crippen molar-refractivity contribution in [3.8, 4) is 5.75 Å². The molecule has 4 saturated heterocycles. The highest BCUT2D eigenvalue weighted by Gasteiger charge is 2.67. The zero-order valence-corrected chi connectivity index (χ0v) is 18.1. The van der Waals surface area contributed by atoms with Crippen LogP contribution in [-0.4, -0.2) is 85.1 Å². The van der Waals surface area contributed by atoms with E-state index in [-0.39, 0.29) is 17.9 Å². The van der Waals surface area contributed by atoms with Gasteiger partial charge in [0.05, 0.1) is 31.6 Å². The summed E-state index contributed by atoms with van der Waals surface area (Å²) >= 11 is 0. The Morgan fingerprint density at radius 3 is 2.74 bits per heavy atom. The predicted octanol–water partition coefficient (Wildman–Crippen LogP) is 0.997. The number of ether oxygens (including phenoxy) is 2. The number of amides is 2. The van der Waals surface area contributed by atoms with Crippen molar-refractivity contribution in [1.29, 1.82) is 0 Å². The molecule has 0 N–H and O–H groups in total. The average Bonchev–Trinajstić information content (AvgIpc) is 3.53. The SMILES string of the molecule is COc1cccc(CN2C[C@]34C=C[C@H](O3)[C@H](C(=O)N3C[C@H]5CN(C)C[C@H]5C3)[C@@H]4C2=O)c1. The van der Waals surface area contributed by atoms with Gasteiger partial charge in [0.25, 0.3) is 0 Å². The molecule has 4 fully saturated rings. The van der Waals surface area contributed by atoms with Crippen LogP contribution < -0.4 is 4.74 Å². The highest BCUT2D eigenvalue weighted by atomic mass is 16.5. The van der Waals surface area contributed by atoms with Crippen LogP contribution in [0.2, 0.25) is 0 Å². The molecule has 0 radical (unpaired) electrons. The van der Waals surface area contributed by atoms with E-state index >= 15 is 0 Å². The first-order chi connectivity index (χ1) is 15.0. The lowest BCUT2D eigenvalue weighted by molar-refractivity contribution is -0.143. The summed E-state index contributed by atoms with van der Waals surface area (Å²) in [4.78, 5) is 33.3. The molecule has 2 amide bonds. The second-order valence-corrected chi connectivity index (χ2v) is 9.93. The maximum Gasteiger partial charge on any atom is 0.230 e. The number of hydrogen-bond donors (Lipinski definition) is 0. The lowest BCUT2D eigenvalue weighted by Gasteiger charge is -2.28. The minimum atomic E-state index is -0.656. The number of benzene rings is 1. The van der Waals surface area contributed by atoms with Crippen LogP contribution >= 0.6 is 0 Å². The van der Waals surface area contributed by atoms with Crippen molar-refractivity contribution in [2.45, 2.75) is 18.2 Å². The molecule has 0 aromatic heterocycles. The van der Waals surface area contributed by atoms with E-state index in [1.807, 2.05) is 46.2 Å². The number of fused-ring (bicyclic) bond motifs is 2. The van der Waals surface area contributed by atoms with Crippen LogP contribution in [0, 0.1) is 23.7 Å². The standard InChI is InChI=1S/C24H29N3O4/c1-25-10-16-12-26(13-17(16)11-25)22(28)20-19-6-7-24(31-19)14-27(23(29)21(20)24)9-15-4-3-5-18(8-15)30-2/h3-8,16-17,19-21H,9-14H2,1-2H3/t16-,17+,19-,20-,21+,24-/m0/s1. The fourth-order valence-corrected chi connectivity index (χ4v) is 6.60. The van der Waals surface area contributed by atoms with Crippen molar-refractivity contribution in [1.82, 2.24) is 14.7 Å². The first-order valence-corrected chi connectivity index (χ1v) is 11.2. The van der Waals surface area contributed by atoms with Crippen LogP contribution in [0.3, 0.4) is 0 Å². The van der Waals surface area contributed by atoms with Gasteiger partial charge < -0.3 is 24.2 Å². The van der Waals surface area contributed by atoms with E-state index in [0.717, 1.165) is 37.5 Å². The topological polar surface area (TPSA) is 62.3 Å². The molecule has 0 unspecified atom stereocenters. The Hall–Kier alpha value is -2.38. The molecule has 6 atom stereocenters. The smallest absolute Gasteiger partial charge is 0.230 e. The highest BCUT2D eigenvalue weighted by Crippen LogP contribution is 2.53. The van der Waals surface area contributed by atoms with Gasteiger partial charge in [-0.25, -0.2) is 0 Å². The molecule has 1 aromatic rings. The summed E-state index contributed by atoms with van der Waals surface area (Å²) in [6.45, 7) is 4.72. The summed E-state index contributed by atoms with van der Waals surface area (Å²) in [5.74, 6) is 1.22. The van der Waals surface area contributed by atoms with Crippen molar-refractivity contribution >= 4 is 11.8 Å². The molecule has 7 heteroatoms. The molecule has 2 bridgehead atoms. The lowest BCUT2D eigenvalue weighted by Crippen LogP contribution is -2.46. The van der Waals surface area contributed by atoms with Gasteiger partial charge in [-0.2, -0.15) is 0 Å². The largest absolute Gasteiger partial charge is 0.497 e. The van der Waals surface area contributed by atoms with Gasteiger partial charge in [0.15, 0.2) is 0 Å². The van der Waals surface area contributed by atoms with Gasteiger partial charge in [0.2, 0.25) is 11.8 Å². The van der Waals surface area contributed by atoms with E-state index in [0.29, 0.717) is 24.9 Å². The number of nitrogens with zero attached hydrogens (tertiary/aromatic N) is 3. The third-order valence-corrected chi connectivity index (χ3v) is 7.95. The summed E-state index contributed by atoms with van der Waals surface area (Å²) in [7, 11) is 3.79. The molecular weight excluding hydrogens is 394 g/mol. The monoisotopic (exact) mass is 423 g/mol. The molecule has 0 saturated carbocycles. The van der Waals surface area contributed by atoms with E-state index in [1.54, 1.807) is 7.11 Å². The van der Waals surface area contributed by atoms with E-state index in [9.17, 15) is 9.59 Å². The predicted molar refractivity (Wildman–Crippen MR) is 113 cm³/mol. The average molecular weight is 424 g/mol. The fourth-order valence-electron chi connectivity index (χ4n) is 6.60. The third-order valence-electron chi connectivity index (χ3n) is 7.95.